The van der Waals surface area contributed by atoms with E-state index in [9.17, 15) is 14.7 Å². The van der Waals surface area contributed by atoms with Gasteiger partial charge in [-0.15, -0.1) is 0 Å². The molecule has 0 aliphatic carbocycles. The Morgan fingerprint density at radius 2 is 1.82 bits per heavy atom. The number of benzene rings is 3. The van der Waals surface area contributed by atoms with Crippen LogP contribution in [0.1, 0.15) is 17.2 Å². The lowest BCUT2D eigenvalue weighted by atomic mass is 9.96. The van der Waals surface area contributed by atoms with Crippen molar-refractivity contribution in [2.45, 2.75) is 6.04 Å². The summed E-state index contributed by atoms with van der Waals surface area (Å²) in [4.78, 5) is 32.4. The first-order valence-electron chi connectivity index (χ1n) is 10.5. The van der Waals surface area contributed by atoms with Crippen molar-refractivity contribution in [1.82, 2.24) is 4.98 Å². The highest BCUT2D eigenvalue weighted by atomic mass is 79.9. The van der Waals surface area contributed by atoms with E-state index in [1.165, 1.54) is 12.0 Å². The molecule has 7 heteroatoms. The van der Waals surface area contributed by atoms with Crippen molar-refractivity contribution in [3.8, 4) is 5.75 Å². The number of aromatic nitrogens is 1. The van der Waals surface area contributed by atoms with E-state index in [0.29, 0.717) is 27.0 Å². The molecule has 1 unspecified atom stereocenters. The van der Waals surface area contributed by atoms with Gasteiger partial charge in [-0.25, -0.2) is 0 Å². The van der Waals surface area contributed by atoms with Crippen LogP contribution in [-0.2, 0) is 9.59 Å². The van der Waals surface area contributed by atoms with Gasteiger partial charge in [0.15, 0.2) is 0 Å². The standard InChI is InChI=1S/C27H19BrN2O4/c1-34-22-12-11-17(14-20(22)28)25(31)23-24(18-8-5-13-29-15-18)30(27(33)26(23)32)21-10-4-7-16-6-2-3-9-19(16)21/h2-15,24,31H,1H3/b25-23+. The van der Waals surface area contributed by atoms with E-state index in [1.54, 1.807) is 48.8 Å². The number of ketones is 1. The number of nitrogens with zero attached hydrogens (tertiary/aromatic N) is 2. The molecule has 1 aliphatic rings. The van der Waals surface area contributed by atoms with Crippen LogP contribution in [0.2, 0.25) is 0 Å². The zero-order chi connectivity index (χ0) is 23.8. The molecule has 1 N–H and O–H groups in total. The number of halogens is 1. The summed E-state index contributed by atoms with van der Waals surface area (Å²) in [5, 5.41) is 13.1. The van der Waals surface area contributed by atoms with Gasteiger partial charge in [0.1, 0.15) is 11.5 Å². The Morgan fingerprint density at radius 3 is 2.56 bits per heavy atom. The van der Waals surface area contributed by atoms with Crippen LogP contribution >= 0.6 is 15.9 Å². The quantitative estimate of drug-likeness (QED) is 0.217. The number of aliphatic hydroxyl groups is 1. The maximum atomic E-state index is 13.4. The van der Waals surface area contributed by atoms with Crippen molar-refractivity contribution < 1.29 is 19.4 Å². The molecule has 0 bridgehead atoms. The third-order valence-corrected chi connectivity index (χ3v) is 6.52. The second-order valence-electron chi connectivity index (χ2n) is 7.80. The van der Waals surface area contributed by atoms with Crippen LogP contribution in [0.3, 0.4) is 0 Å². The van der Waals surface area contributed by atoms with E-state index in [2.05, 4.69) is 20.9 Å². The van der Waals surface area contributed by atoms with Gasteiger partial charge < -0.3 is 9.84 Å². The molecule has 4 aromatic rings. The lowest BCUT2D eigenvalue weighted by Crippen LogP contribution is -2.29. The number of hydrogen-bond donors (Lipinski definition) is 1. The summed E-state index contributed by atoms with van der Waals surface area (Å²) < 4.78 is 5.88. The molecule has 2 heterocycles. The van der Waals surface area contributed by atoms with Gasteiger partial charge in [-0.05, 0) is 57.2 Å². The van der Waals surface area contributed by atoms with Crippen molar-refractivity contribution in [3.05, 3.63) is 106 Å². The Morgan fingerprint density at radius 1 is 1.03 bits per heavy atom. The lowest BCUT2D eigenvalue weighted by molar-refractivity contribution is -0.132. The fraction of sp³-hybridized carbons (Fsp3) is 0.0741. The van der Waals surface area contributed by atoms with Crippen molar-refractivity contribution in [2.75, 3.05) is 12.0 Å². The van der Waals surface area contributed by atoms with Gasteiger partial charge in [0.2, 0.25) is 0 Å². The number of anilines is 1. The third-order valence-electron chi connectivity index (χ3n) is 5.90. The summed E-state index contributed by atoms with van der Waals surface area (Å²) >= 11 is 3.42. The normalized spacial score (nSPS) is 17.4. The number of fused-ring (bicyclic) bond motifs is 1. The summed E-state index contributed by atoms with van der Waals surface area (Å²) in [7, 11) is 1.54. The molecule has 1 fully saturated rings. The van der Waals surface area contributed by atoms with Crippen molar-refractivity contribution in [2.24, 2.45) is 0 Å². The van der Waals surface area contributed by atoms with Gasteiger partial charge in [0.25, 0.3) is 11.7 Å². The maximum Gasteiger partial charge on any atom is 0.300 e. The number of aliphatic hydroxyl groups excluding tert-OH is 1. The molecule has 6 nitrogen and oxygen atoms in total. The Bertz CT molecular complexity index is 1460. The molecule has 1 amide bonds. The second kappa shape index (κ2) is 8.76. The summed E-state index contributed by atoms with van der Waals surface area (Å²) in [6.45, 7) is 0. The number of carbonyl (C=O) groups excluding carboxylic acids is 2. The molecule has 0 spiro atoms. The predicted molar refractivity (Wildman–Crippen MR) is 134 cm³/mol. The van der Waals surface area contributed by atoms with Crippen molar-refractivity contribution >= 4 is 49.8 Å². The zero-order valence-corrected chi connectivity index (χ0v) is 19.7. The van der Waals surface area contributed by atoms with E-state index in [0.717, 1.165) is 10.8 Å². The van der Waals surface area contributed by atoms with Gasteiger partial charge in [0, 0.05) is 23.3 Å². The highest BCUT2D eigenvalue weighted by Crippen LogP contribution is 2.44. The molecule has 5 rings (SSSR count). The van der Waals surface area contributed by atoms with Crippen LogP contribution in [0.15, 0.2) is 95.2 Å². The Hall–Kier alpha value is -3.97. The minimum Gasteiger partial charge on any atom is -0.507 e. The van der Waals surface area contributed by atoms with Crippen LogP contribution in [0.5, 0.6) is 5.75 Å². The monoisotopic (exact) mass is 514 g/mol. The van der Waals surface area contributed by atoms with Gasteiger partial charge >= 0.3 is 0 Å². The fourth-order valence-electron chi connectivity index (χ4n) is 4.32. The second-order valence-corrected chi connectivity index (χ2v) is 8.66. The number of hydrogen-bond acceptors (Lipinski definition) is 5. The van der Waals surface area contributed by atoms with Crippen LogP contribution in [0.4, 0.5) is 5.69 Å². The van der Waals surface area contributed by atoms with E-state index in [1.807, 2.05) is 36.4 Å². The molecule has 0 radical (unpaired) electrons. The Kier molecular flexibility index (Phi) is 5.63. The van der Waals surface area contributed by atoms with Crippen LogP contribution in [0, 0.1) is 0 Å². The summed E-state index contributed by atoms with van der Waals surface area (Å²) in [5.74, 6) is -1.15. The van der Waals surface area contributed by atoms with E-state index < -0.39 is 17.7 Å². The van der Waals surface area contributed by atoms with Gasteiger partial charge in [0.05, 0.1) is 28.9 Å². The van der Waals surface area contributed by atoms with Crippen LogP contribution < -0.4 is 9.64 Å². The lowest BCUT2D eigenvalue weighted by Gasteiger charge is -2.26. The Labute approximate surface area is 204 Å². The number of rotatable bonds is 4. The highest BCUT2D eigenvalue weighted by molar-refractivity contribution is 9.10. The number of Topliss-reactive ketones (excluding diaryl/α,β-unsaturated/α-hetero) is 1. The summed E-state index contributed by atoms with van der Waals surface area (Å²) in [6.07, 6.45) is 3.22. The average molecular weight is 515 g/mol. The fourth-order valence-corrected chi connectivity index (χ4v) is 4.86. The largest absolute Gasteiger partial charge is 0.507 e. The van der Waals surface area contributed by atoms with Crippen LogP contribution in [0.25, 0.3) is 16.5 Å². The first-order valence-corrected chi connectivity index (χ1v) is 11.3. The number of carbonyl (C=O) groups is 2. The molecule has 1 aliphatic heterocycles. The topological polar surface area (TPSA) is 79.7 Å². The Balaban J connectivity index is 1.76. The van der Waals surface area contributed by atoms with Gasteiger partial charge in [-0.1, -0.05) is 42.5 Å². The van der Waals surface area contributed by atoms with Gasteiger partial charge in [-0.3, -0.25) is 19.5 Å². The first-order chi connectivity index (χ1) is 16.5. The molecular formula is C27H19BrN2O4. The maximum absolute atomic E-state index is 13.4. The van der Waals surface area contributed by atoms with Crippen molar-refractivity contribution in [1.29, 1.82) is 0 Å². The molecule has 34 heavy (non-hydrogen) atoms. The zero-order valence-electron chi connectivity index (χ0n) is 18.1. The predicted octanol–water partition coefficient (Wildman–Crippen LogP) is 5.63. The van der Waals surface area contributed by atoms with Crippen molar-refractivity contribution in [3.63, 3.8) is 0 Å². The minimum absolute atomic E-state index is 0.00278. The van der Waals surface area contributed by atoms with E-state index in [4.69, 9.17) is 4.74 Å². The van der Waals surface area contributed by atoms with Gasteiger partial charge in [-0.2, -0.15) is 0 Å². The number of ether oxygens (including phenoxy) is 1. The molecule has 0 saturated carbocycles. The number of pyridine rings is 1. The molecule has 1 saturated heterocycles. The van der Waals surface area contributed by atoms with E-state index in [-0.39, 0.29) is 11.3 Å². The number of methoxy groups -OCH3 is 1. The molecule has 168 valence electrons. The molecule has 1 aromatic heterocycles. The first kappa shape index (κ1) is 21.9. The molecular weight excluding hydrogens is 496 g/mol. The SMILES string of the molecule is COc1ccc(/C(O)=C2\C(=O)C(=O)N(c3cccc4ccccc34)C2c2cccnc2)cc1Br. The summed E-state index contributed by atoms with van der Waals surface area (Å²) in [5.41, 5.74) is 1.59. The smallest absolute Gasteiger partial charge is 0.300 e. The van der Waals surface area contributed by atoms with E-state index >= 15 is 0 Å². The average Bonchev–Trinajstić information content (AvgIpc) is 3.14. The molecule has 3 aromatic carbocycles. The molecule has 1 atom stereocenters. The number of amides is 1. The summed E-state index contributed by atoms with van der Waals surface area (Å²) in [6, 6.07) is 20.9. The third kappa shape index (κ3) is 3.54. The van der Waals surface area contributed by atoms with Crippen LogP contribution in [-0.4, -0.2) is 28.9 Å². The minimum atomic E-state index is -0.847. The highest BCUT2D eigenvalue weighted by Gasteiger charge is 2.47.